The molecule has 0 unspecified atom stereocenters. The van der Waals surface area contributed by atoms with E-state index in [9.17, 15) is 4.79 Å². The van der Waals surface area contributed by atoms with Crippen molar-refractivity contribution in [3.05, 3.63) is 65.4 Å². The molecule has 2 saturated heterocycles. The first kappa shape index (κ1) is 19.3. The smallest absolute Gasteiger partial charge is 0.222 e. The summed E-state index contributed by atoms with van der Waals surface area (Å²) in [6, 6.07) is 15.9. The number of hydrogen-bond donors (Lipinski definition) is 0. The maximum atomic E-state index is 13.0. The lowest BCUT2D eigenvalue weighted by Gasteiger charge is -2.57. The maximum Gasteiger partial charge on any atom is 0.222 e. The number of para-hydroxylation sites is 1. The standard InChI is InChI=1S/C24H25ClN4O/c25-19-9-6-18(7-10-19)8-11-22(30)28-14-3-12-24(16-28)13-15-29(24)23-20-4-1-2-5-21(20)26-17-27-23/h1-2,4-7,9-10,17H,3,8,11-16H2/t24-/m1/s1. The Hall–Kier alpha value is -2.66. The summed E-state index contributed by atoms with van der Waals surface area (Å²) in [4.78, 5) is 26.5. The van der Waals surface area contributed by atoms with Gasteiger partial charge >= 0.3 is 0 Å². The van der Waals surface area contributed by atoms with Crippen LogP contribution >= 0.6 is 11.6 Å². The Morgan fingerprint density at radius 3 is 2.67 bits per heavy atom. The van der Waals surface area contributed by atoms with E-state index in [0.717, 1.165) is 72.6 Å². The third-order valence-corrected chi connectivity index (χ3v) is 6.85. The summed E-state index contributed by atoms with van der Waals surface area (Å²) in [5.41, 5.74) is 2.12. The second-order valence-electron chi connectivity index (χ2n) is 8.39. The number of piperidine rings is 1. The van der Waals surface area contributed by atoms with Gasteiger partial charge in [-0.2, -0.15) is 0 Å². The number of aryl methyl sites for hydroxylation is 1. The molecule has 2 aliphatic heterocycles. The average molecular weight is 421 g/mol. The lowest BCUT2D eigenvalue weighted by Crippen LogP contribution is -2.68. The molecule has 3 aromatic rings. The minimum atomic E-state index is 0.00526. The zero-order valence-electron chi connectivity index (χ0n) is 16.9. The van der Waals surface area contributed by atoms with Crippen LogP contribution in [0.4, 0.5) is 5.82 Å². The van der Waals surface area contributed by atoms with Crippen LogP contribution in [0.5, 0.6) is 0 Å². The molecule has 0 bridgehead atoms. The largest absolute Gasteiger partial charge is 0.348 e. The molecule has 2 aliphatic rings. The summed E-state index contributed by atoms with van der Waals surface area (Å²) in [5, 5.41) is 1.82. The van der Waals surface area contributed by atoms with E-state index in [1.807, 2.05) is 42.5 Å². The molecule has 3 heterocycles. The first-order chi connectivity index (χ1) is 14.6. The van der Waals surface area contributed by atoms with Crippen LogP contribution in [0.25, 0.3) is 10.9 Å². The number of amides is 1. The van der Waals surface area contributed by atoms with Crippen LogP contribution in [0, 0.1) is 0 Å². The van der Waals surface area contributed by atoms with Gasteiger partial charge in [0.2, 0.25) is 5.91 Å². The quantitative estimate of drug-likeness (QED) is 0.624. The number of benzene rings is 2. The molecule has 1 aromatic heterocycles. The molecule has 30 heavy (non-hydrogen) atoms. The Kier molecular flexibility index (Phi) is 5.07. The highest BCUT2D eigenvalue weighted by Gasteiger charge is 2.49. The topological polar surface area (TPSA) is 49.3 Å². The van der Waals surface area contributed by atoms with Crippen LogP contribution in [-0.2, 0) is 11.2 Å². The molecule has 0 saturated carbocycles. The van der Waals surface area contributed by atoms with E-state index >= 15 is 0 Å². The Labute approximate surface area is 181 Å². The number of carbonyl (C=O) groups excluding carboxylic acids is 1. The number of anilines is 1. The van der Waals surface area contributed by atoms with E-state index in [4.69, 9.17) is 11.6 Å². The average Bonchev–Trinajstić information content (AvgIpc) is 2.78. The molecule has 0 aliphatic carbocycles. The van der Waals surface area contributed by atoms with Crippen molar-refractivity contribution in [3.8, 4) is 0 Å². The van der Waals surface area contributed by atoms with Crippen LogP contribution in [0.15, 0.2) is 54.9 Å². The van der Waals surface area contributed by atoms with Crippen LogP contribution in [0.3, 0.4) is 0 Å². The predicted octanol–water partition coefficient (Wildman–Crippen LogP) is 4.49. The van der Waals surface area contributed by atoms with Gasteiger partial charge in [0.15, 0.2) is 0 Å². The summed E-state index contributed by atoms with van der Waals surface area (Å²) in [7, 11) is 0. The summed E-state index contributed by atoms with van der Waals surface area (Å²) in [6.45, 7) is 2.61. The summed E-state index contributed by atoms with van der Waals surface area (Å²) < 4.78 is 0. The molecule has 0 N–H and O–H groups in total. The highest BCUT2D eigenvalue weighted by atomic mass is 35.5. The van der Waals surface area contributed by atoms with Crippen LogP contribution in [0.1, 0.15) is 31.2 Å². The SMILES string of the molecule is O=C(CCc1ccc(Cl)cc1)N1CCC[C@@]2(CCN2c2ncnc3ccccc23)C1. The summed E-state index contributed by atoms with van der Waals surface area (Å²) in [5.74, 6) is 1.24. The molecule has 1 atom stereocenters. The van der Waals surface area contributed by atoms with Gasteiger partial charge < -0.3 is 9.80 Å². The van der Waals surface area contributed by atoms with Gasteiger partial charge in [0, 0.05) is 36.5 Å². The Morgan fingerprint density at radius 1 is 1.03 bits per heavy atom. The molecule has 2 aromatic carbocycles. The zero-order chi connectivity index (χ0) is 20.6. The Bertz CT molecular complexity index is 1060. The van der Waals surface area contributed by atoms with Gasteiger partial charge in [-0.25, -0.2) is 9.97 Å². The van der Waals surface area contributed by atoms with Gasteiger partial charge in [0.05, 0.1) is 11.1 Å². The van der Waals surface area contributed by atoms with Crippen molar-refractivity contribution in [1.82, 2.24) is 14.9 Å². The minimum Gasteiger partial charge on any atom is -0.348 e. The number of fused-ring (bicyclic) bond motifs is 1. The molecule has 5 nitrogen and oxygen atoms in total. The molecule has 6 heteroatoms. The predicted molar refractivity (Wildman–Crippen MR) is 120 cm³/mol. The second-order valence-corrected chi connectivity index (χ2v) is 8.82. The second kappa shape index (κ2) is 7.88. The monoisotopic (exact) mass is 420 g/mol. The number of carbonyl (C=O) groups is 1. The normalized spacial score (nSPS) is 21.1. The molecule has 154 valence electrons. The van der Waals surface area contributed by atoms with Crippen molar-refractivity contribution in [1.29, 1.82) is 0 Å². The first-order valence-corrected chi connectivity index (χ1v) is 11.0. The number of hydrogen-bond acceptors (Lipinski definition) is 4. The van der Waals surface area contributed by atoms with Gasteiger partial charge in [0.1, 0.15) is 12.1 Å². The van der Waals surface area contributed by atoms with E-state index in [-0.39, 0.29) is 11.4 Å². The van der Waals surface area contributed by atoms with Gasteiger partial charge in [-0.05, 0) is 55.5 Å². The fourth-order valence-electron chi connectivity index (χ4n) is 4.89. The Balaban J connectivity index is 1.30. The lowest BCUT2D eigenvalue weighted by atomic mass is 9.77. The van der Waals surface area contributed by atoms with Gasteiger partial charge in [0.25, 0.3) is 0 Å². The third kappa shape index (κ3) is 3.52. The van der Waals surface area contributed by atoms with Crippen molar-refractivity contribution >= 4 is 34.2 Å². The fraction of sp³-hybridized carbons (Fsp3) is 0.375. The molecule has 1 amide bonds. The zero-order valence-corrected chi connectivity index (χ0v) is 17.7. The van der Waals surface area contributed by atoms with Gasteiger partial charge in [-0.1, -0.05) is 35.9 Å². The number of nitrogens with zero attached hydrogens (tertiary/aromatic N) is 4. The molecule has 1 spiro atoms. The van der Waals surface area contributed by atoms with E-state index in [2.05, 4.69) is 25.8 Å². The van der Waals surface area contributed by atoms with Crippen LogP contribution in [-0.4, -0.2) is 45.9 Å². The van der Waals surface area contributed by atoms with Crippen molar-refractivity contribution in [2.75, 3.05) is 24.5 Å². The molecular formula is C24H25ClN4O. The molecule has 0 radical (unpaired) electrons. The van der Waals surface area contributed by atoms with Crippen molar-refractivity contribution in [2.24, 2.45) is 0 Å². The number of likely N-dealkylation sites (tertiary alicyclic amines) is 1. The highest BCUT2D eigenvalue weighted by Crippen LogP contribution is 2.43. The number of aromatic nitrogens is 2. The van der Waals surface area contributed by atoms with E-state index in [0.29, 0.717) is 6.42 Å². The molecular weight excluding hydrogens is 396 g/mol. The van der Waals surface area contributed by atoms with Crippen molar-refractivity contribution in [2.45, 2.75) is 37.6 Å². The summed E-state index contributed by atoms with van der Waals surface area (Å²) >= 11 is 5.96. The van der Waals surface area contributed by atoms with Crippen molar-refractivity contribution < 1.29 is 4.79 Å². The lowest BCUT2D eigenvalue weighted by molar-refractivity contribution is -0.134. The van der Waals surface area contributed by atoms with Gasteiger partial charge in [-0.15, -0.1) is 0 Å². The first-order valence-electron chi connectivity index (χ1n) is 10.6. The van der Waals surface area contributed by atoms with E-state index in [1.165, 1.54) is 0 Å². The number of halogens is 1. The van der Waals surface area contributed by atoms with Gasteiger partial charge in [-0.3, -0.25) is 4.79 Å². The molecule has 5 rings (SSSR count). The Morgan fingerprint density at radius 2 is 1.87 bits per heavy atom. The van der Waals surface area contributed by atoms with Crippen molar-refractivity contribution in [3.63, 3.8) is 0 Å². The highest BCUT2D eigenvalue weighted by molar-refractivity contribution is 6.30. The maximum absolute atomic E-state index is 13.0. The van der Waals surface area contributed by atoms with E-state index in [1.54, 1.807) is 6.33 Å². The number of rotatable bonds is 4. The third-order valence-electron chi connectivity index (χ3n) is 6.60. The minimum absolute atomic E-state index is 0.00526. The van der Waals surface area contributed by atoms with Crippen LogP contribution < -0.4 is 4.90 Å². The van der Waals surface area contributed by atoms with E-state index < -0.39 is 0 Å². The fourth-order valence-corrected chi connectivity index (χ4v) is 5.01. The molecule has 2 fully saturated rings. The van der Waals surface area contributed by atoms with Crippen LogP contribution in [0.2, 0.25) is 5.02 Å². The summed E-state index contributed by atoms with van der Waals surface area (Å²) in [6.07, 6.45) is 6.18.